The molecule has 0 spiro atoms. The summed E-state index contributed by atoms with van der Waals surface area (Å²) < 4.78 is 0. The number of aromatic nitrogens is 1. The van der Waals surface area contributed by atoms with Crippen molar-refractivity contribution in [3.05, 3.63) is 16.1 Å². The molecule has 0 saturated heterocycles. The number of hydrogen-bond acceptors (Lipinski definition) is 5. The first kappa shape index (κ1) is 16.6. The number of nitrogens with zero attached hydrogens (tertiary/aromatic N) is 1. The van der Waals surface area contributed by atoms with Gasteiger partial charge < -0.3 is 16.4 Å². The average molecular weight is 298 g/mol. The van der Waals surface area contributed by atoms with Crippen LogP contribution >= 0.6 is 11.3 Å². The molecule has 20 heavy (non-hydrogen) atoms. The summed E-state index contributed by atoms with van der Waals surface area (Å²) >= 11 is 1.43. The molecule has 4 N–H and O–H groups in total. The quantitative estimate of drug-likeness (QED) is 0.668. The maximum Gasteiger partial charge on any atom is 0.270 e. The van der Waals surface area contributed by atoms with E-state index in [0.29, 0.717) is 31.7 Å². The van der Waals surface area contributed by atoms with E-state index in [-0.39, 0.29) is 11.8 Å². The fraction of sp³-hybridized carbons (Fsp3) is 0.615. The predicted octanol–water partition coefficient (Wildman–Crippen LogP) is 0.536. The molecule has 2 amide bonds. The molecule has 7 heteroatoms. The number of rotatable bonds is 6. The van der Waals surface area contributed by atoms with E-state index in [9.17, 15) is 9.59 Å². The lowest BCUT2D eigenvalue weighted by molar-refractivity contribution is -0.128. The maximum atomic E-state index is 11.8. The summed E-state index contributed by atoms with van der Waals surface area (Å²) in [4.78, 5) is 27.6. The predicted molar refractivity (Wildman–Crippen MR) is 79.7 cm³/mol. The van der Waals surface area contributed by atoms with Gasteiger partial charge in [0.1, 0.15) is 5.69 Å². The van der Waals surface area contributed by atoms with Gasteiger partial charge in [-0.15, -0.1) is 11.3 Å². The molecule has 0 saturated carbocycles. The number of nitrogens with two attached hydrogens (primary N) is 1. The first-order valence-corrected chi connectivity index (χ1v) is 7.43. The van der Waals surface area contributed by atoms with E-state index in [4.69, 9.17) is 5.73 Å². The molecule has 1 aromatic rings. The van der Waals surface area contributed by atoms with E-state index in [1.54, 1.807) is 5.38 Å². The zero-order valence-electron chi connectivity index (χ0n) is 12.2. The number of hydrogen-bond donors (Lipinski definition) is 3. The van der Waals surface area contributed by atoms with Crippen LogP contribution in [0.3, 0.4) is 0 Å². The Bertz CT molecular complexity index is 465. The minimum absolute atomic E-state index is 0.0364. The topological polar surface area (TPSA) is 97.1 Å². The summed E-state index contributed by atoms with van der Waals surface area (Å²) in [5.74, 6) is -0.264. The standard InChI is InChI=1S/C13H22N4O2S/c1-13(2,3)12(19)16-7-6-15-11(18)9-8-20-10(17-9)4-5-14/h8H,4-7,14H2,1-3H3,(H,15,18)(H,16,19). The normalized spacial score (nSPS) is 11.2. The smallest absolute Gasteiger partial charge is 0.270 e. The van der Waals surface area contributed by atoms with Gasteiger partial charge in [-0.25, -0.2) is 4.98 Å². The molecule has 0 aliphatic heterocycles. The van der Waals surface area contributed by atoms with E-state index in [2.05, 4.69) is 15.6 Å². The second-order valence-electron chi connectivity index (χ2n) is 5.43. The number of carbonyl (C=O) groups is 2. The molecule has 112 valence electrons. The molecule has 0 aromatic carbocycles. The Kier molecular flexibility index (Phi) is 6.09. The van der Waals surface area contributed by atoms with Crippen molar-refractivity contribution < 1.29 is 9.59 Å². The monoisotopic (exact) mass is 298 g/mol. The molecular weight excluding hydrogens is 276 g/mol. The van der Waals surface area contributed by atoms with Crippen molar-refractivity contribution in [2.75, 3.05) is 19.6 Å². The molecule has 0 radical (unpaired) electrons. The van der Waals surface area contributed by atoms with Crippen LogP contribution in [-0.4, -0.2) is 36.4 Å². The Morgan fingerprint density at radius 1 is 1.30 bits per heavy atom. The zero-order valence-corrected chi connectivity index (χ0v) is 13.0. The molecule has 6 nitrogen and oxygen atoms in total. The maximum absolute atomic E-state index is 11.8. The van der Waals surface area contributed by atoms with Crippen LogP contribution in [-0.2, 0) is 11.2 Å². The highest BCUT2D eigenvalue weighted by atomic mass is 32.1. The summed E-state index contributed by atoms with van der Waals surface area (Å²) in [7, 11) is 0. The fourth-order valence-electron chi connectivity index (χ4n) is 1.36. The van der Waals surface area contributed by atoms with Gasteiger partial charge in [0, 0.05) is 30.3 Å². The van der Waals surface area contributed by atoms with Gasteiger partial charge in [0.15, 0.2) is 0 Å². The third kappa shape index (κ3) is 5.26. The van der Waals surface area contributed by atoms with Crippen LogP contribution in [0.25, 0.3) is 0 Å². The van der Waals surface area contributed by atoms with Crippen LogP contribution in [0.1, 0.15) is 36.3 Å². The Labute approximate surface area is 123 Å². The zero-order chi connectivity index (χ0) is 15.2. The van der Waals surface area contributed by atoms with Crippen LogP contribution in [0.15, 0.2) is 5.38 Å². The molecule has 0 bridgehead atoms. The van der Waals surface area contributed by atoms with Gasteiger partial charge in [0.05, 0.1) is 5.01 Å². The van der Waals surface area contributed by atoms with E-state index in [1.165, 1.54) is 11.3 Å². The highest BCUT2D eigenvalue weighted by Gasteiger charge is 2.20. The van der Waals surface area contributed by atoms with E-state index >= 15 is 0 Å². The molecule has 0 aliphatic carbocycles. The average Bonchev–Trinajstić information content (AvgIpc) is 2.82. The minimum atomic E-state index is -0.421. The molecule has 0 unspecified atom stereocenters. The van der Waals surface area contributed by atoms with Gasteiger partial charge in [-0.2, -0.15) is 0 Å². The first-order valence-electron chi connectivity index (χ1n) is 6.55. The van der Waals surface area contributed by atoms with Gasteiger partial charge in [-0.05, 0) is 6.54 Å². The van der Waals surface area contributed by atoms with E-state index in [0.717, 1.165) is 5.01 Å². The van der Waals surface area contributed by atoms with Crippen molar-refractivity contribution >= 4 is 23.2 Å². The number of thiazole rings is 1. The van der Waals surface area contributed by atoms with Gasteiger partial charge in [0.25, 0.3) is 5.91 Å². The summed E-state index contributed by atoms with van der Waals surface area (Å²) in [6, 6.07) is 0. The summed E-state index contributed by atoms with van der Waals surface area (Å²) in [6.45, 7) is 6.83. The molecule has 0 atom stereocenters. The Morgan fingerprint density at radius 2 is 1.95 bits per heavy atom. The van der Waals surface area contributed by atoms with Crippen molar-refractivity contribution in [3.8, 4) is 0 Å². The SMILES string of the molecule is CC(C)(C)C(=O)NCCNC(=O)c1csc(CCN)n1. The molecule has 1 heterocycles. The second kappa shape index (κ2) is 7.35. The minimum Gasteiger partial charge on any atom is -0.354 e. The Morgan fingerprint density at radius 3 is 2.55 bits per heavy atom. The molecule has 1 rings (SSSR count). The van der Waals surface area contributed by atoms with Crippen molar-refractivity contribution in [1.82, 2.24) is 15.6 Å². The number of nitrogens with one attached hydrogen (secondary N) is 2. The van der Waals surface area contributed by atoms with E-state index < -0.39 is 5.41 Å². The molecule has 0 fully saturated rings. The van der Waals surface area contributed by atoms with Crippen molar-refractivity contribution in [2.45, 2.75) is 27.2 Å². The summed E-state index contributed by atoms with van der Waals surface area (Å²) in [6.07, 6.45) is 0.680. The Hall–Kier alpha value is -1.47. The van der Waals surface area contributed by atoms with Crippen LogP contribution in [0.4, 0.5) is 0 Å². The van der Waals surface area contributed by atoms with Crippen LogP contribution in [0, 0.1) is 5.41 Å². The van der Waals surface area contributed by atoms with Crippen LogP contribution in [0.5, 0.6) is 0 Å². The lowest BCUT2D eigenvalue weighted by Crippen LogP contribution is -2.39. The first-order chi connectivity index (χ1) is 9.34. The third-order valence-corrected chi connectivity index (χ3v) is 3.43. The third-order valence-electron chi connectivity index (χ3n) is 2.52. The van der Waals surface area contributed by atoms with Gasteiger partial charge in [-0.3, -0.25) is 9.59 Å². The fourth-order valence-corrected chi connectivity index (χ4v) is 2.16. The lowest BCUT2D eigenvalue weighted by Gasteiger charge is -2.17. The van der Waals surface area contributed by atoms with Gasteiger partial charge in [0.2, 0.25) is 5.91 Å². The van der Waals surface area contributed by atoms with Crippen molar-refractivity contribution in [2.24, 2.45) is 11.1 Å². The van der Waals surface area contributed by atoms with E-state index in [1.807, 2.05) is 20.8 Å². The summed E-state index contributed by atoms with van der Waals surface area (Å²) in [5.41, 5.74) is 5.42. The van der Waals surface area contributed by atoms with Crippen molar-refractivity contribution in [3.63, 3.8) is 0 Å². The Balaban J connectivity index is 2.31. The van der Waals surface area contributed by atoms with Crippen LogP contribution < -0.4 is 16.4 Å². The second-order valence-corrected chi connectivity index (χ2v) is 6.37. The van der Waals surface area contributed by atoms with Gasteiger partial charge >= 0.3 is 0 Å². The van der Waals surface area contributed by atoms with Gasteiger partial charge in [-0.1, -0.05) is 20.8 Å². The highest BCUT2D eigenvalue weighted by Crippen LogP contribution is 2.12. The molecule has 0 aliphatic rings. The summed E-state index contributed by atoms with van der Waals surface area (Å²) in [5, 5.41) is 8.06. The number of amides is 2. The van der Waals surface area contributed by atoms with Crippen molar-refractivity contribution in [1.29, 1.82) is 0 Å². The molecular formula is C13H22N4O2S. The van der Waals surface area contributed by atoms with Crippen LogP contribution in [0.2, 0.25) is 0 Å². The number of carbonyl (C=O) groups excluding carboxylic acids is 2. The highest BCUT2D eigenvalue weighted by molar-refractivity contribution is 7.09. The lowest BCUT2D eigenvalue weighted by atomic mass is 9.96. The molecule has 1 aromatic heterocycles. The largest absolute Gasteiger partial charge is 0.354 e.